The first-order valence-corrected chi connectivity index (χ1v) is 37.3. The number of anilines is 12. The van der Waals surface area contributed by atoms with Crippen molar-refractivity contribution in [3.63, 3.8) is 0 Å². The van der Waals surface area contributed by atoms with Gasteiger partial charge in [0.05, 0.1) is 5.69 Å². The number of hydrogen-bond acceptors (Lipinski definition) is 4. The highest BCUT2D eigenvalue weighted by atomic mass is 15.2. The minimum Gasteiger partial charge on any atom is -0.311 e. The Bertz CT molecular complexity index is 4600. The van der Waals surface area contributed by atoms with Gasteiger partial charge < -0.3 is 19.6 Å². The summed E-state index contributed by atoms with van der Waals surface area (Å²) >= 11 is 0. The zero-order chi connectivity index (χ0) is 71.4. The summed E-state index contributed by atoms with van der Waals surface area (Å²) in [4.78, 5) is 10.7. The lowest BCUT2D eigenvalue weighted by atomic mass is 9.33. The maximum absolute atomic E-state index is 2.79. The van der Waals surface area contributed by atoms with Gasteiger partial charge >= 0.3 is 0 Å². The van der Waals surface area contributed by atoms with Gasteiger partial charge in [0, 0.05) is 62.6 Å². The monoisotopic (exact) mass is 1310 g/mol. The highest BCUT2D eigenvalue weighted by molar-refractivity contribution is 7.00. The third-order valence-electron chi connectivity index (χ3n) is 24.3. The second kappa shape index (κ2) is 22.4. The molecule has 0 saturated carbocycles. The molecule has 14 rings (SSSR count). The van der Waals surface area contributed by atoms with Crippen molar-refractivity contribution in [2.24, 2.45) is 0 Å². The van der Waals surface area contributed by atoms with E-state index in [-0.39, 0.29) is 60.9 Å². The van der Waals surface area contributed by atoms with Crippen LogP contribution in [-0.4, -0.2) is 6.71 Å². The van der Waals surface area contributed by atoms with Gasteiger partial charge in [0.2, 0.25) is 0 Å². The van der Waals surface area contributed by atoms with Crippen molar-refractivity contribution < 1.29 is 0 Å². The van der Waals surface area contributed by atoms with E-state index < -0.39 is 0 Å². The summed E-state index contributed by atoms with van der Waals surface area (Å²) in [6, 6.07) is 66.6. The standard InChI is InChI=1S/C94H113BN4/c1-58-47-70-74(93(23,24)56-91(70,19)20)53-78(58)98-80-49-68(96(64-35-27-60(28-36-64)85(3,4)5)65-37-29-61(30-38-65)86(6,7)8)43-44-76(80)95-77-52-72-73(90(17,18)46-45-89(72,15)16)55-81(77)99(79-54-75-71(48-59(79)2)92(21,22)57-94(75,25)26)83-51-69(50-82(98)84(83)95)97(66-39-31-62(32-40-66)87(9,10)11)67-41-33-63(34-42-67)88(12,13)14/h27-44,47-55H,45-46,56-57H2,1-26H3. The molecular formula is C94H113BN4. The molecule has 2 aliphatic heterocycles. The zero-order valence-corrected chi connectivity index (χ0v) is 65.3. The SMILES string of the molecule is Cc1cc2c(cc1N1c3cc(N(c4ccc(C(C)(C)C)cc4)c4ccc(C(C)(C)C)cc4)ccc3B3c4cc5c(cc4N(c4cc6c(cc4C)C(C)(C)CC6(C)C)c4cc(N(c6ccc(C(C)(C)C)cc6)c6ccc(C(C)(C)C)cc6)cc1c43)C(C)(C)CCC5(C)C)C(C)(C)CC2(C)C. The largest absolute Gasteiger partial charge is 0.311 e. The molecule has 99 heavy (non-hydrogen) atoms. The van der Waals surface area contributed by atoms with Crippen molar-refractivity contribution in [3.05, 3.63) is 231 Å². The molecule has 0 aromatic heterocycles. The van der Waals surface area contributed by atoms with E-state index in [0.29, 0.717) is 0 Å². The lowest BCUT2D eigenvalue weighted by Crippen LogP contribution is -2.62. The number of benzene rings is 9. The van der Waals surface area contributed by atoms with Gasteiger partial charge in [0.1, 0.15) is 0 Å². The second-order valence-electron chi connectivity index (χ2n) is 39.1. The van der Waals surface area contributed by atoms with Gasteiger partial charge in [0.15, 0.2) is 0 Å². The number of nitrogens with zero attached hydrogens (tertiary/aromatic N) is 4. The molecule has 9 aromatic carbocycles. The van der Waals surface area contributed by atoms with Gasteiger partial charge in [0.25, 0.3) is 6.71 Å². The maximum atomic E-state index is 2.79. The van der Waals surface area contributed by atoms with E-state index in [4.69, 9.17) is 0 Å². The molecule has 5 heteroatoms. The van der Waals surface area contributed by atoms with Crippen molar-refractivity contribution in [1.82, 2.24) is 0 Å². The molecule has 5 aliphatic rings. The van der Waals surface area contributed by atoms with Crippen LogP contribution in [0.4, 0.5) is 68.2 Å². The van der Waals surface area contributed by atoms with Crippen LogP contribution in [0.5, 0.6) is 0 Å². The molecule has 512 valence electrons. The minimum atomic E-state index is -0.131. The highest BCUT2D eigenvalue weighted by Crippen LogP contribution is 2.58. The van der Waals surface area contributed by atoms with Crippen LogP contribution in [0.15, 0.2) is 164 Å². The van der Waals surface area contributed by atoms with Crippen LogP contribution in [-0.2, 0) is 54.1 Å². The summed E-state index contributed by atoms with van der Waals surface area (Å²) < 4.78 is 0. The van der Waals surface area contributed by atoms with Crippen molar-refractivity contribution in [2.45, 2.75) is 260 Å². The minimum absolute atomic E-state index is 0.00318. The number of aryl methyl sites for hydroxylation is 2. The van der Waals surface area contributed by atoms with Crippen LogP contribution in [0.25, 0.3) is 0 Å². The normalized spacial score (nSPS) is 18.1. The Labute approximate surface area is 597 Å². The topological polar surface area (TPSA) is 13.0 Å². The molecule has 2 heterocycles. The maximum Gasteiger partial charge on any atom is 0.252 e. The van der Waals surface area contributed by atoms with E-state index in [0.717, 1.165) is 59.8 Å². The van der Waals surface area contributed by atoms with Crippen molar-refractivity contribution in [3.8, 4) is 0 Å². The molecule has 0 bridgehead atoms. The van der Waals surface area contributed by atoms with Crippen molar-refractivity contribution in [2.75, 3.05) is 19.6 Å². The van der Waals surface area contributed by atoms with Gasteiger partial charge in [-0.3, -0.25) is 0 Å². The molecule has 0 unspecified atom stereocenters. The second-order valence-corrected chi connectivity index (χ2v) is 39.1. The number of hydrogen-bond donors (Lipinski definition) is 0. The van der Waals surface area contributed by atoms with E-state index in [1.54, 1.807) is 0 Å². The Kier molecular flexibility index (Phi) is 15.5. The fourth-order valence-corrected chi connectivity index (χ4v) is 18.9. The quantitative estimate of drug-likeness (QED) is 0.141. The Morgan fingerprint density at radius 3 is 0.899 bits per heavy atom. The fraction of sp³-hybridized carbons (Fsp3) is 0.426. The highest BCUT2D eigenvalue weighted by Gasteiger charge is 2.50. The predicted octanol–water partition coefficient (Wildman–Crippen LogP) is 24.8. The molecule has 3 aliphatic carbocycles. The first kappa shape index (κ1) is 68.4. The van der Waals surface area contributed by atoms with Crippen LogP contribution in [0, 0.1) is 13.8 Å². The average molecular weight is 1310 g/mol. The summed E-state index contributed by atoms with van der Waals surface area (Å²) in [5.41, 5.74) is 34.7. The van der Waals surface area contributed by atoms with Gasteiger partial charge in [-0.25, -0.2) is 0 Å². The third-order valence-corrected chi connectivity index (χ3v) is 24.3. The van der Waals surface area contributed by atoms with Crippen LogP contribution >= 0.6 is 0 Å². The molecular weight excluding hydrogens is 1200 g/mol. The Balaban J connectivity index is 1.15. The molecule has 4 nitrogen and oxygen atoms in total. The van der Waals surface area contributed by atoms with Crippen LogP contribution in [0.2, 0.25) is 0 Å². The molecule has 0 fully saturated rings. The molecule has 0 radical (unpaired) electrons. The summed E-state index contributed by atoms with van der Waals surface area (Å²) in [5.74, 6) is 0. The first-order chi connectivity index (χ1) is 45.9. The molecule has 0 saturated heterocycles. The van der Waals surface area contributed by atoms with Crippen molar-refractivity contribution in [1.29, 1.82) is 0 Å². The van der Waals surface area contributed by atoms with E-state index in [1.165, 1.54) is 117 Å². The van der Waals surface area contributed by atoms with Crippen LogP contribution < -0.4 is 36.0 Å². The van der Waals surface area contributed by atoms with E-state index in [9.17, 15) is 0 Å². The summed E-state index contributed by atoms with van der Waals surface area (Å²) in [6.07, 6.45) is 4.43. The Hall–Kier alpha value is -7.76. The molecule has 0 spiro atoms. The summed E-state index contributed by atoms with van der Waals surface area (Å²) in [7, 11) is 0. The molecule has 0 atom stereocenters. The van der Waals surface area contributed by atoms with Gasteiger partial charge in [-0.2, -0.15) is 0 Å². The van der Waals surface area contributed by atoms with E-state index in [2.05, 4.69) is 363 Å². The van der Waals surface area contributed by atoms with E-state index >= 15 is 0 Å². The Morgan fingerprint density at radius 1 is 0.283 bits per heavy atom. The van der Waals surface area contributed by atoms with Crippen LogP contribution in [0.1, 0.15) is 259 Å². The lowest BCUT2D eigenvalue weighted by Gasteiger charge is -2.48. The number of rotatable bonds is 8. The summed E-state index contributed by atoms with van der Waals surface area (Å²) in [6.45, 7) is 62.5. The lowest BCUT2D eigenvalue weighted by molar-refractivity contribution is 0.332. The molecule has 0 N–H and O–H groups in total. The summed E-state index contributed by atoms with van der Waals surface area (Å²) in [5, 5.41) is 0. The average Bonchev–Trinajstić information content (AvgIpc) is 0.811. The predicted molar refractivity (Wildman–Crippen MR) is 431 cm³/mol. The number of fused-ring (bicyclic) bond motifs is 7. The van der Waals surface area contributed by atoms with Gasteiger partial charge in [-0.05, 0) is 268 Å². The fourth-order valence-electron chi connectivity index (χ4n) is 18.9. The molecule has 0 amide bonds. The van der Waals surface area contributed by atoms with Gasteiger partial charge in [-0.1, -0.05) is 239 Å². The first-order valence-electron chi connectivity index (χ1n) is 37.3. The molecule has 9 aromatic rings. The van der Waals surface area contributed by atoms with Crippen molar-refractivity contribution >= 4 is 91.3 Å². The van der Waals surface area contributed by atoms with E-state index in [1.807, 2.05) is 0 Å². The smallest absolute Gasteiger partial charge is 0.252 e. The van der Waals surface area contributed by atoms with Crippen LogP contribution in [0.3, 0.4) is 0 Å². The zero-order valence-electron chi connectivity index (χ0n) is 65.3. The van der Waals surface area contributed by atoms with Gasteiger partial charge in [-0.15, -0.1) is 0 Å². The Morgan fingerprint density at radius 2 is 0.556 bits per heavy atom. The third kappa shape index (κ3) is 11.4.